The van der Waals surface area contributed by atoms with Gasteiger partial charge in [0.2, 0.25) is 5.43 Å². The number of ether oxygens (including phenoxy) is 8. The number of aliphatic hydroxyl groups is 2. The first-order valence-electron chi connectivity index (χ1n) is 27.1. The number of esters is 1. The number of carbonyl (C=O) groups excluding carboxylic acids is 2. The van der Waals surface area contributed by atoms with Gasteiger partial charge in [0.05, 0.1) is 52.8 Å². The molecule has 78 heavy (non-hydrogen) atoms. The monoisotopic (exact) mass is 1120 g/mol. The molecule has 4 aliphatic heterocycles. The second-order valence-corrected chi connectivity index (χ2v) is 24.8. The second kappa shape index (κ2) is 25.3. The largest absolute Gasteiger partial charge is 0.509 e. The minimum atomic E-state index is -4.22. The van der Waals surface area contributed by atoms with E-state index in [2.05, 4.69) is 10.5 Å². The van der Waals surface area contributed by atoms with Gasteiger partial charge >= 0.3 is 18.1 Å². The van der Waals surface area contributed by atoms with Gasteiger partial charge in [-0.25, -0.2) is 9.59 Å². The second-order valence-electron chi connectivity index (χ2n) is 23.0. The molecule has 4 aliphatic rings. The maximum absolute atomic E-state index is 14.7. The summed E-state index contributed by atoms with van der Waals surface area (Å²) in [5.74, 6) is -6.10. The molecule has 1 aromatic carbocycles. The first-order chi connectivity index (χ1) is 36.4. The van der Waals surface area contributed by atoms with Gasteiger partial charge in [0.25, 0.3) is 10.1 Å². The van der Waals surface area contributed by atoms with Gasteiger partial charge in [-0.2, -0.15) is 13.3 Å². The lowest BCUT2D eigenvalue weighted by molar-refractivity contribution is -0.316. The molecule has 4 saturated heterocycles. The number of aryl methyl sites for hydroxylation is 2. The molecule has 23 nitrogen and oxygen atoms in total. The molecule has 440 valence electrons. The van der Waals surface area contributed by atoms with Crippen LogP contribution in [-0.4, -0.2) is 182 Å². The number of likely N-dealkylation sites (N-methyl/N-ethyl adjacent to an activating group) is 1. The number of carboxylic acids is 1. The van der Waals surface area contributed by atoms with Crippen LogP contribution in [0.1, 0.15) is 117 Å². The molecule has 2 aromatic rings. The van der Waals surface area contributed by atoms with E-state index in [0.717, 1.165) is 5.56 Å². The molecular weight excluding hydrogens is 1040 g/mol. The summed E-state index contributed by atoms with van der Waals surface area (Å²) in [6.45, 7) is 17.2. The van der Waals surface area contributed by atoms with Crippen LogP contribution < -0.4 is 10.7 Å². The zero-order valence-electron chi connectivity index (χ0n) is 47.5. The van der Waals surface area contributed by atoms with Crippen molar-refractivity contribution in [2.75, 3.05) is 40.0 Å². The number of aromatic nitrogens is 1. The summed E-state index contributed by atoms with van der Waals surface area (Å²) in [6.07, 6.45) is -9.12. The van der Waals surface area contributed by atoms with Gasteiger partial charge in [-0.3, -0.25) is 13.8 Å². The van der Waals surface area contributed by atoms with E-state index in [0.29, 0.717) is 36.7 Å². The molecule has 1 aromatic heterocycles. The Morgan fingerprint density at radius 3 is 2.29 bits per heavy atom. The van der Waals surface area contributed by atoms with Gasteiger partial charge in [-0.1, -0.05) is 38.9 Å². The lowest BCUT2D eigenvalue weighted by atomic mass is 9.72. The van der Waals surface area contributed by atoms with E-state index < -0.39 is 147 Å². The third-order valence-corrected chi connectivity index (χ3v) is 17.9. The fourth-order valence-corrected chi connectivity index (χ4v) is 13.5. The third kappa shape index (κ3) is 13.7. The number of benzene rings is 1. The van der Waals surface area contributed by atoms with E-state index in [1.54, 1.807) is 79.1 Å². The lowest BCUT2D eigenvalue weighted by Gasteiger charge is -2.49. The Hall–Kier alpha value is -4.21. The number of methoxy groups -OCH3 is 1. The van der Waals surface area contributed by atoms with Crippen molar-refractivity contribution in [3.63, 3.8) is 0 Å². The number of carboxylic acid groups (broad SMARTS) is 1. The van der Waals surface area contributed by atoms with Gasteiger partial charge in [-0.05, 0) is 118 Å². The van der Waals surface area contributed by atoms with E-state index in [1.807, 2.05) is 32.0 Å². The van der Waals surface area contributed by atoms with Crippen LogP contribution in [0.5, 0.6) is 0 Å². The Balaban J connectivity index is 1.22. The number of carbonyl (C=O) groups is 3. The Morgan fingerprint density at radius 1 is 0.974 bits per heavy atom. The standard InChI is InChI=1S/C54H84N4O19S/c1-15-39-54(10)46(75-51(64)76-54)30(4)41(56-66)28(2)25-52(8,65)45(74-50-43(60)38(57(11)12)23-29(3)70-50)31(5)44(32(6)49(63)72-39)73-40-26-53(9,69-14)47(33(7)71-40)77-78(67,68)22-21-55-20-16-17-34-18-19-37-35(24-34)42(59)36(48(61)62)27-58(37)13/h18-19,24,27-33,38-41,43-47,50,55,60,65H,15-17,20-23,25-26H2,1-14H3,(H,61,62)/t28-,29-,30+,31+,32-,33+,38+,39-,40+,41?,43-,44+,45-,46-,47+,50+,52-,53-,54-/m1/s1. The predicted molar refractivity (Wildman–Crippen MR) is 284 cm³/mol. The molecule has 5 heterocycles. The number of aliphatic hydroxyl groups excluding tert-OH is 1. The average Bonchev–Trinajstić information content (AvgIpc) is 3.77. The van der Waals surface area contributed by atoms with Crippen molar-refractivity contribution in [3.05, 3.63) is 50.7 Å². The normalized spacial score (nSPS) is 38.2. The molecule has 6 rings (SSSR count). The number of fused-ring (bicyclic) bond motifs is 2. The van der Waals surface area contributed by atoms with Crippen molar-refractivity contribution >= 4 is 39.1 Å². The summed E-state index contributed by atoms with van der Waals surface area (Å²) in [5.41, 5.74) is -4.28. The SMILES string of the molecule is CC[C@H]1OC(=O)[C@H](C)[C@@H](O[C@H]2C[C@@](C)(OC)[C@@H](OS(=O)(=O)CCNCCCc3ccc4c(c3)c(=O)c(C(=O)O)cn4C)[C@H](C)O2)[C@H](C)[C@@H](O[C@@H]2O[C@H](C)C[C@H](N(C)C)[C@H]2O)[C@](C)(O)C[C@@H](C)C(N=O)[C@H](C)[C@H]2OC(=O)O[C@@]21C. The highest BCUT2D eigenvalue weighted by Gasteiger charge is 2.60. The third-order valence-electron chi connectivity index (χ3n) is 16.7. The number of hydrogen-bond acceptors (Lipinski definition) is 21. The number of nitroso groups, excluding NO2 is 1. The van der Waals surface area contributed by atoms with Crippen LogP contribution in [0.15, 0.2) is 34.4 Å². The Morgan fingerprint density at radius 2 is 1.67 bits per heavy atom. The summed E-state index contributed by atoms with van der Waals surface area (Å²) in [5, 5.41) is 41.0. The minimum Gasteiger partial charge on any atom is -0.477 e. The zero-order chi connectivity index (χ0) is 58.0. The number of rotatable bonds is 18. The quantitative estimate of drug-likeness (QED) is 0.0683. The van der Waals surface area contributed by atoms with E-state index in [4.69, 9.17) is 42.1 Å². The molecular formula is C54H84N4O19S. The highest BCUT2D eigenvalue weighted by molar-refractivity contribution is 7.86. The van der Waals surface area contributed by atoms with E-state index in [1.165, 1.54) is 20.2 Å². The Bertz CT molecular complexity index is 2620. The summed E-state index contributed by atoms with van der Waals surface area (Å²) >= 11 is 0. The predicted octanol–water partition coefficient (Wildman–Crippen LogP) is 4.66. The smallest absolute Gasteiger partial charge is 0.477 e. The molecule has 0 saturated carbocycles. The average molecular weight is 1130 g/mol. The molecule has 0 amide bonds. The molecule has 4 N–H and O–H groups in total. The van der Waals surface area contributed by atoms with E-state index in [-0.39, 0.29) is 37.5 Å². The fraction of sp³-hybridized carbons (Fsp3) is 0.778. The molecule has 4 fully saturated rings. The van der Waals surface area contributed by atoms with Crippen molar-refractivity contribution in [3.8, 4) is 0 Å². The Labute approximate surface area is 457 Å². The number of nitrogens with one attached hydrogen (secondary N) is 1. The molecule has 24 heteroatoms. The van der Waals surface area contributed by atoms with Gasteiger partial charge in [0, 0.05) is 56.6 Å². The highest BCUT2D eigenvalue weighted by atomic mass is 32.2. The lowest BCUT2D eigenvalue weighted by Crippen LogP contribution is -2.61. The van der Waals surface area contributed by atoms with Crippen LogP contribution in [0.3, 0.4) is 0 Å². The summed E-state index contributed by atoms with van der Waals surface area (Å²) in [4.78, 5) is 66.9. The summed E-state index contributed by atoms with van der Waals surface area (Å²) in [6, 6.07) is 3.84. The van der Waals surface area contributed by atoms with Crippen molar-refractivity contribution < 1.29 is 80.2 Å². The van der Waals surface area contributed by atoms with Crippen molar-refractivity contribution in [1.82, 2.24) is 14.8 Å². The number of pyridine rings is 1. The van der Waals surface area contributed by atoms with Crippen LogP contribution in [0, 0.1) is 28.6 Å². The first kappa shape index (κ1) is 63.0. The van der Waals surface area contributed by atoms with Crippen molar-refractivity contribution in [2.45, 2.75) is 198 Å². The maximum Gasteiger partial charge on any atom is 0.509 e. The molecule has 0 aliphatic carbocycles. The highest BCUT2D eigenvalue weighted by Crippen LogP contribution is 2.45. The van der Waals surface area contributed by atoms with E-state index >= 15 is 0 Å². The minimum absolute atomic E-state index is 0.0381. The maximum atomic E-state index is 14.7. The molecule has 0 spiro atoms. The van der Waals surface area contributed by atoms with Gasteiger partial charge < -0.3 is 68.0 Å². The van der Waals surface area contributed by atoms with Gasteiger partial charge in [0.15, 0.2) is 24.3 Å². The molecule has 0 bridgehead atoms. The molecule has 19 atom stereocenters. The van der Waals surface area contributed by atoms with Crippen LogP contribution >= 0.6 is 0 Å². The van der Waals surface area contributed by atoms with Gasteiger partial charge in [0.1, 0.15) is 29.9 Å². The van der Waals surface area contributed by atoms with Crippen LogP contribution in [0.4, 0.5) is 4.79 Å². The first-order valence-corrected chi connectivity index (χ1v) is 28.6. The number of aromatic carboxylic acids is 1. The van der Waals surface area contributed by atoms with Gasteiger partial charge in [-0.15, -0.1) is 0 Å². The molecule has 0 radical (unpaired) electrons. The van der Waals surface area contributed by atoms with Crippen LogP contribution in [0.25, 0.3) is 10.9 Å². The van der Waals surface area contributed by atoms with E-state index in [9.17, 15) is 47.8 Å². The van der Waals surface area contributed by atoms with Crippen LogP contribution in [-0.2, 0) is 70.5 Å². The number of hydrogen-bond donors (Lipinski definition) is 4. The zero-order valence-corrected chi connectivity index (χ0v) is 48.4. The Kier molecular flexibility index (Phi) is 20.4. The number of cyclic esters (lactones) is 1. The summed E-state index contributed by atoms with van der Waals surface area (Å²) in [7, 11) is 2.51. The number of nitrogens with zero attached hydrogens (tertiary/aromatic N) is 3. The van der Waals surface area contributed by atoms with Crippen LogP contribution in [0.2, 0.25) is 0 Å². The van der Waals surface area contributed by atoms with Crippen molar-refractivity contribution in [1.29, 1.82) is 0 Å². The fourth-order valence-electron chi connectivity index (χ4n) is 12.4. The van der Waals surface area contributed by atoms with Crippen molar-refractivity contribution in [2.24, 2.45) is 35.9 Å². The summed E-state index contributed by atoms with van der Waals surface area (Å²) < 4.78 is 84.9. The topological polar surface area (TPSA) is 296 Å². The molecule has 1 unspecified atom stereocenters.